The van der Waals surface area contributed by atoms with Gasteiger partial charge >= 0.3 is 5.97 Å². The molecule has 0 saturated carbocycles. The van der Waals surface area contributed by atoms with Crippen molar-refractivity contribution >= 4 is 21.7 Å². The minimum Gasteiger partial charge on any atom is -0.493 e. The van der Waals surface area contributed by atoms with Gasteiger partial charge in [-0.25, -0.2) is 13.2 Å². The minimum atomic E-state index is -3.89. The molecule has 140 valence electrons. The summed E-state index contributed by atoms with van der Waals surface area (Å²) in [7, 11) is -0.994. The number of esters is 1. The van der Waals surface area contributed by atoms with Crippen LogP contribution in [-0.4, -0.2) is 35.2 Å². The van der Waals surface area contributed by atoms with Gasteiger partial charge in [-0.2, -0.15) is 0 Å². The Morgan fingerprint density at radius 3 is 2.38 bits per heavy atom. The monoisotopic (exact) mass is 379 g/mol. The van der Waals surface area contributed by atoms with Crippen molar-refractivity contribution in [2.45, 2.75) is 18.7 Å². The highest BCUT2D eigenvalue weighted by Gasteiger charge is 2.20. The molecule has 8 heteroatoms. The first-order valence-corrected chi connectivity index (χ1v) is 9.34. The first-order valence-electron chi connectivity index (χ1n) is 7.85. The molecule has 0 aliphatic heterocycles. The highest BCUT2D eigenvalue weighted by molar-refractivity contribution is 7.92. The molecule has 0 heterocycles. The van der Waals surface area contributed by atoms with E-state index in [1.807, 2.05) is 0 Å². The van der Waals surface area contributed by atoms with E-state index < -0.39 is 16.0 Å². The normalized spacial score (nSPS) is 10.9. The van der Waals surface area contributed by atoms with Crippen molar-refractivity contribution in [3.8, 4) is 11.5 Å². The molecule has 0 fully saturated rings. The van der Waals surface area contributed by atoms with Gasteiger partial charge in [-0.3, -0.25) is 4.72 Å². The molecule has 0 bridgehead atoms. The Balaban J connectivity index is 2.38. The smallest absolute Gasteiger partial charge is 0.338 e. The Kier molecular flexibility index (Phi) is 6.10. The molecule has 0 amide bonds. The predicted molar refractivity (Wildman–Crippen MR) is 97.5 cm³/mol. The van der Waals surface area contributed by atoms with Gasteiger partial charge in [0.05, 0.1) is 37.0 Å². The molecule has 0 spiro atoms. The third kappa shape index (κ3) is 4.08. The topological polar surface area (TPSA) is 90.9 Å². The van der Waals surface area contributed by atoms with Crippen LogP contribution in [0.5, 0.6) is 11.5 Å². The summed E-state index contributed by atoms with van der Waals surface area (Å²) < 4.78 is 43.2. The zero-order valence-corrected chi connectivity index (χ0v) is 15.8. The largest absolute Gasteiger partial charge is 0.493 e. The number of ether oxygens (including phenoxy) is 3. The fraction of sp³-hybridized carbons (Fsp3) is 0.278. The molecule has 2 rings (SSSR count). The molecule has 26 heavy (non-hydrogen) atoms. The summed E-state index contributed by atoms with van der Waals surface area (Å²) in [6.07, 6.45) is 0. The van der Waals surface area contributed by atoms with Crippen LogP contribution in [0.25, 0.3) is 0 Å². The number of carbonyl (C=O) groups excluding carboxylic acids is 1. The van der Waals surface area contributed by atoms with Crippen molar-refractivity contribution in [2.24, 2.45) is 0 Å². The maximum atomic E-state index is 12.7. The van der Waals surface area contributed by atoms with E-state index in [1.165, 1.54) is 32.4 Å². The summed E-state index contributed by atoms with van der Waals surface area (Å²) in [5.74, 6) is 0.219. The first-order chi connectivity index (χ1) is 12.3. The van der Waals surface area contributed by atoms with Crippen LogP contribution in [0.2, 0.25) is 0 Å². The van der Waals surface area contributed by atoms with Gasteiger partial charge in [0.1, 0.15) is 0 Å². The third-order valence-electron chi connectivity index (χ3n) is 3.74. The lowest BCUT2D eigenvalue weighted by atomic mass is 10.1. The van der Waals surface area contributed by atoms with Gasteiger partial charge in [-0.05, 0) is 43.7 Å². The van der Waals surface area contributed by atoms with Crippen LogP contribution in [0.4, 0.5) is 5.69 Å². The van der Waals surface area contributed by atoms with E-state index in [9.17, 15) is 13.2 Å². The minimum absolute atomic E-state index is 0.0103. The van der Waals surface area contributed by atoms with Gasteiger partial charge in [0.25, 0.3) is 10.0 Å². The van der Waals surface area contributed by atoms with Crippen LogP contribution in [-0.2, 0) is 14.8 Å². The van der Waals surface area contributed by atoms with Crippen LogP contribution in [0, 0.1) is 6.92 Å². The summed E-state index contributed by atoms with van der Waals surface area (Å²) in [5.41, 5.74) is 1.08. The Morgan fingerprint density at radius 2 is 1.77 bits per heavy atom. The molecule has 2 aromatic rings. The first kappa shape index (κ1) is 19.6. The van der Waals surface area contributed by atoms with E-state index >= 15 is 0 Å². The second-order valence-electron chi connectivity index (χ2n) is 5.32. The van der Waals surface area contributed by atoms with Gasteiger partial charge in [-0.15, -0.1) is 0 Å². The third-order valence-corrected chi connectivity index (χ3v) is 5.10. The van der Waals surface area contributed by atoms with Crippen LogP contribution in [0.1, 0.15) is 22.8 Å². The van der Waals surface area contributed by atoms with Crippen molar-refractivity contribution in [1.82, 2.24) is 0 Å². The van der Waals surface area contributed by atoms with Gasteiger partial charge in [0.15, 0.2) is 11.5 Å². The molecule has 0 aliphatic rings. The van der Waals surface area contributed by atoms with Crippen LogP contribution in [0.15, 0.2) is 41.3 Å². The highest BCUT2D eigenvalue weighted by atomic mass is 32.2. The number of sulfonamides is 1. The van der Waals surface area contributed by atoms with E-state index in [2.05, 4.69) is 4.72 Å². The van der Waals surface area contributed by atoms with Crippen LogP contribution in [0.3, 0.4) is 0 Å². The molecule has 0 aromatic heterocycles. The molecular weight excluding hydrogens is 358 g/mol. The number of rotatable bonds is 7. The number of nitrogens with one attached hydrogen (secondary N) is 1. The average molecular weight is 379 g/mol. The van der Waals surface area contributed by atoms with E-state index in [0.29, 0.717) is 28.3 Å². The summed E-state index contributed by atoms with van der Waals surface area (Å²) in [6.45, 7) is 3.59. The molecule has 0 saturated heterocycles. The van der Waals surface area contributed by atoms with E-state index in [0.717, 1.165) is 0 Å². The fourth-order valence-corrected chi connectivity index (χ4v) is 3.50. The standard InChI is InChI=1S/C18H21NO6S/c1-5-25-18(20)14-7-6-8-15(12(14)2)19-26(21,22)13-9-10-16(23-3)17(11-13)24-4/h6-11,19H,5H2,1-4H3. The number of anilines is 1. The van der Waals surface area contributed by atoms with Crippen molar-refractivity contribution in [3.05, 3.63) is 47.5 Å². The number of hydrogen-bond acceptors (Lipinski definition) is 6. The SMILES string of the molecule is CCOC(=O)c1cccc(NS(=O)(=O)c2ccc(OC)c(OC)c2)c1C. The Labute approximate surface area is 152 Å². The molecule has 0 unspecified atom stereocenters. The molecule has 0 aliphatic carbocycles. The average Bonchev–Trinajstić information content (AvgIpc) is 2.62. The summed E-state index contributed by atoms with van der Waals surface area (Å²) >= 11 is 0. The Hall–Kier alpha value is -2.74. The zero-order chi connectivity index (χ0) is 19.3. The van der Waals surface area contributed by atoms with Crippen molar-refractivity contribution in [3.63, 3.8) is 0 Å². The Morgan fingerprint density at radius 1 is 1.08 bits per heavy atom. The lowest BCUT2D eigenvalue weighted by Crippen LogP contribution is -2.15. The second kappa shape index (κ2) is 8.09. The van der Waals surface area contributed by atoms with Crippen molar-refractivity contribution in [2.75, 3.05) is 25.5 Å². The molecule has 0 radical (unpaired) electrons. The second-order valence-corrected chi connectivity index (χ2v) is 7.00. The van der Waals surface area contributed by atoms with Crippen LogP contribution >= 0.6 is 0 Å². The molecular formula is C18H21NO6S. The number of benzene rings is 2. The highest BCUT2D eigenvalue weighted by Crippen LogP contribution is 2.30. The number of hydrogen-bond donors (Lipinski definition) is 1. The lowest BCUT2D eigenvalue weighted by Gasteiger charge is -2.14. The van der Waals surface area contributed by atoms with Gasteiger partial charge in [-0.1, -0.05) is 6.07 Å². The van der Waals surface area contributed by atoms with Gasteiger partial charge < -0.3 is 14.2 Å². The Bertz CT molecular complexity index is 908. The number of methoxy groups -OCH3 is 2. The number of carbonyl (C=O) groups is 1. The van der Waals surface area contributed by atoms with Crippen molar-refractivity contribution < 1.29 is 27.4 Å². The molecule has 7 nitrogen and oxygen atoms in total. The molecule has 0 atom stereocenters. The molecule has 2 aromatic carbocycles. The maximum Gasteiger partial charge on any atom is 0.338 e. The van der Waals surface area contributed by atoms with Gasteiger partial charge in [0, 0.05) is 6.07 Å². The van der Waals surface area contributed by atoms with Gasteiger partial charge in [0.2, 0.25) is 0 Å². The maximum absolute atomic E-state index is 12.7. The predicted octanol–water partition coefficient (Wildman–Crippen LogP) is 2.99. The lowest BCUT2D eigenvalue weighted by molar-refractivity contribution is 0.0525. The molecule has 1 N–H and O–H groups in total. The van der Waals surface area contributed by atoms with E-state index in [1.54, 1.807) is 32.0 Å². The summed E-state index contributed by atoms with van der Waals surface area (Å²) in [4.78, 5) is 12.0. The van der Waals surface area contributed by atoms with E-state index in [4.69, 9.17) is 14.2 Å². The summed E-state index contributed by atoms with van der Waals surface area (Å²) in [6, 6.07) is 9.04. The quantitative estimate of drug-likeness (QED) is 0.744. The summed E-state index contributed by atoms with van der Waals surface area (Å²) in [5, 5.41) is 0. The van der Waals surface area contributed by atoms with Crippen LogP contribution < -0.4 is 14.2 Å². The fourth-order valence-electron chi connectivity index (χ4n) is 2.36. The zero-order valence-electron chi connectivity index (χ0n) is 15.0. The van der Waals surface area contributed by atoms with Crippen molar-refractivity contribution in [1.29, 1.82) is 0 Å². The van der Waals surface area contributed by atoms with E-state index in [-0.39, 0.29) is 11.5 Å².